The molecule has 0 fully saturated rings. The first-order valence-corrected chi connectivity index (χ1v) is 10.3. The highest BCUT2D eigenvalue weighted by molar-refractivity contribution is 5.95. The van der Waals surface area contributed by atoms with Crippen molar-refractivity contribution in [3.05, 3.63) is 94.3 Å². The van der Waals surface area contributed by atoms with Gasteiger partial charge in [0.05, 0.1) is 23.7 Å². The lowest BCUT2D eigenvalue weighted by molar-refractivity contribution is 0.0600. The van der Waals surface area contributed by atoms with Gasteiger partial charge in [0.2, 0.25) is 0 Å². The quantitative estimate of drug-likeness (QED) is 0.420. The molecule has 160 valence electrons. The van der Waals surface area contributed by atoms with E-state index in [1.165, 1.54) is 12.7 Å². The second-order valence-corrected chi connectivity index (χ2v) is 7.55. The Morgan fingerprint density at radius 2 is 1.81 bits per heavy atom. The molecule has 2 aliphatic heterocycles. The predicted octanol–water partition coefficient (Wildman–Crippen LogP) is 3.10. The summed E-state index contributed by atoms with van der Waals surface area (Å²) in [7, 11) is 1.31. The number of carbonyl (C=O) groups is 1. The molecule has 3 aromatic rings. The van der Waals surface area contributed by atoms with E-state index in [0.29, 0.717) is 30.8 Å². The highest BCUT2D eigenvalue weighted by Gasteiger charge is 2.22. The predicted molar refractivity (Wildman–Crippen MR) is 120 cm³/mol. The number of hydrogen-bond donors (Lipinski definition) is 1. The summed E-state index contributed by atoms with van der Waals surface area (Å²) in [5, 5.41) is 6.38. The lowest BCUT2D eigenvalue weighted by atomic mass is 10.1. The fourth-order valence-electron chi connectivity index (χ4n) is 3.98. The molecule has 1 aromatic heterocycles. The highest BCUT2D eigenvalue weighted by atomic mass is 16.5. The number of aromatic nitrogens is 5. The van der Waals surface area contributed by atoms with E-state index < -0.39 is 5.97 Å². The first-order valence-electron chi connectivity index (χ1n) is 10.3. The van der Waals surface area contributed by atoms with Crippen LogP contribution in [0.3, 0.4) is 0 Å². The number of para-hydroxylation sites is 2. The summed E-state index contributed by atoms with van der Waals surface area (Å²) in [6, 6.07) is 18.2. The van der Waals surface area contributed by atoms with Crippen LogP contribution in [0.25, 0.3) is 22.3 Å². The number of carbonyl (C=O) groups excluding carboxylic acids is 1. The van der Waals surface area contributed by atoms with Crippen LogP contribution in [0.15, 0.2) is 71.8 Å². The molecule has 1 N–H and O–H groups in total. The second-order valence-electron chi connectivity index (χ2n) is 7.55. The molecule has 5 rings (SSSR count). The minimum atomic E-state index is -0.534. The van der Waals surface area contributed by atoms with Crippen LogP contribution < -0.4 is 5.56 Å². The van der Waals surface area contributed by atoms with Gasteiger partial charge in [0.25, 0.3) is 5.56 Å². The Morgan fingerprint density at radius 3 is 2.62 bits per heavy atom. The van der Waals surface area contributed by atoms with Crippen LogP contribution in [0.1, 0.15) is 21.7 Å². The molecule has 0 unspecified atom stereocenters. The average Bonchev–Trinajstić information content (AvgIpc) is 3.37. The largest absolute Gasteiger partial charge is 0.465 e. The van der Waals surface area contributed by atoms with Gasteiger partial charge in [-0.05, 0) is 17.7 Å². The van der Waals surface area contributed by atoms with Crippen LogP contribution in [0.2, 0.25) is 0 Å². The van der Waals surface area contributed by atoms with Crippen molar-refractivity contribution in [1.29, 1.82) is 0 Å². The summed E-state index contributed by atoms with van der Waals surface area (Å²) in [6.45, 7) is 1.15. The maximum atomic E-state index is 12.2. The molecule has 32 heavy (non-hydrogen) atoms. The molecule has 8 heteroatoms. The van der Waals surface area contributed by atoms with E-state index in [0.717, 1.165) is 16.9 Å². The molecule has 0 saturated heterocycles. The van der Waals surface area contributed by atoms with E-state index in [4.69, 9.17) is 9.72 Å². The van der Waals surface area contributed by atoms with Gasteiger partial charge in [-0.2, -0.15) is 5.10 Å². The Hall–Kier alpha value is -4.20. The van der Waals surface area contributed by atoms with Crippen LogP contribution in [0, 0.1) is 0 Å². The molecule has 2 aliphatic rings. The van der Waals surface area contributed by atoms with Gasteiger partial charge in [0.1, 0.15) is 17.1 Å². The Balaban J connectivity index is 1.52. The molecule has 0 aliphatic carbocycles. The van der Waals surface area contributed by atoms with Crippen LogP contribution in [-0.2, 0) is 24.2 Å². The lowest BCUT2D eigenvalue weighted by Gasteiger charge is -2.14. The Kier molecular flexibility index (Phi) is 5.03. The number of H-pyrrole nitrogens is 1. The molecule has 0 atom stereocenters. The zero-order chi connectivity index (χ0) is 22.1. The number of rotatable bonds is 6. The summed E-state index contributed by atoms with van der Waals surface area (Å²) in [4.78, 5) is 29.3. The van der Waals surface area contributed by atoms with E-state index in [9.17, 15) is 9.59 Å². The number of esters is 1. The number of ether oxygens (including phenoxy) is 1. The molecular weight excluding hydrogens is 406 g/mol. The standard InChI is InChI=1S/C24H21N5O3/c1-32-24(31)18-15-28(14-17-22(18)26-27-23(17)30)11-12-29-20-10-6-5-9-19(20)25-21(29)13-16-7-3-2-4-8-16/h2-10,14-15H,11-13H2,1H3,(H,27,30). The number of fused-ring (bicyclic) bond motifs is 2. The maximum Gasteiger partial charge on any atom is 0.341 e. The third-order valence-corrected chi connectivity index (χ3v) is 5.54. The molecule has 0 amide bonds. The van der Waals surface area contributed by atoms with Gasteiger partial charge in [-0.15, -0.1) is 0 Å². The molecule has 0 saturated carbocycles. The minimum absolute atomic E-state index is 0.253. The fraction of sp³-hybridized carbons (Fsp3) is 0.167. The number of pyridine rings is 1. The summed E-state index contributed by atoms with van der Waals surface area (Å²) in [5.74, 6) is 0.425. The third-order valence-electron chi connectivity index (χ3n) is 5.54. The van der Waals surface area contributed by atoms with Crippen molar-refractivity contribution in [2.75, 3.05) is 7.11 Å². The van der Waals surface area contributed by atoms with Crippen molar-refractivity contribution >= 4 is 17.0 Å². The number of benzene rings is 2. The SMILES string of the molecule is COC(=O)c1cn(CCn2c(Cc3ccccc3)nc3ccccc32)cc2c(=O)[nH]nc1-2. The fourth-order valence-corrected chi connectivity index (χ4v) is 3.98. The normalized spacial score (nSPS) is 11.3. The van der Waals surface area contributed by atoms with Gasteiger partial charge >= 0.3 is 5.97 Å². The number of nitrogens with one attached hydrogen (secondary N) is 1. The molecule has 3 heterocycles. The number of aromatic amines is 1. The van der Waals surface area contributed by atoms with E-state index in [1.807, 2.05) is 41.0 Å². The van der Waals surface area contributed by atoms with E-state index in [-0.39, 0.29) is 11.1 Å². The van der Waals surface area contributed by atoms with Gasteiger partial charge < -0.3 is 13.9 Å². The van der Waals surface area contributed by atoms with Crippen LogP contribution >= 0.6 is 0 Å². The van der Waals surface area contributed by atoms with Crippen molar-refractivity contribution in [3.8, 4) is 11.3 Å². The van der Waals surface area contributed by atoms with Crippen molar-refractivity contribution < 1.29 is 9.53 Å². The Bertz CT molecular complexity index is 1430. The molecule has 0 spiro atoms. The zero-order valence-electron chi connectivity index (χ0n) is 17.5. The number of imidazole rings is 1. The topological polar surface area (TPSA) is 94.8 Å². The molecule has 2 aromatic carbocycles. The van der Waals surface area contributed by atoms with Crippen molar-refractivity contribution in [2.45, 2.75) is 19.5 Å². The zero-order valence-corrected chi connectivity index (χ0v) is 17.5. The van der Waals surface area contributed by atoms with Gasteiger partial charge in [-0.1, -0.05) is 42.5 Å². The number of methoxy groups -OCH3 is 1. The first-order chi connectivity index (χ1) is 15.6. The van der Waals surface area contributed by atoms with Gasteiger partial charge in [-0.3, -0.25) is 4.79 Å². The van der Waals surface area contributed by atoms with Gasteiger partial charge in [0.15, 0.2) is 0 Å². The monoisotopic (exact) mass is 427 g/mol. The maximum absolute atomic E-state index is 12.2. The lowest BCUT2D eigenvalue weighted by Crippen LogP contribution is -2.15. The van der Waals surface area contributed by atoms with E-state index in [2.05, 4.69) is 33.0 Å². The molecular formula is C24H21N5O3. The highest BCUT2D eigenvalue weighted by Crippen LogP contribution is 2.22. The molecule has 0 radical (unpaired) electrons. The van der Waals surface area contributed by atoms with Crippen molar-refractivity contribution in [2.24, 2.45) is 0 Å². The summed E-state index contributed by atoms with van der Waals surface area (Å²) in [5.41, 5.74) is 3.75. The van der Waals surface area contributed by atoms with Crippen molar-refractivity contribution in [3.63, 3.8) is 0 Å². The van der Waals surface area contributed by atoms with E-state index >= 15 is 0 Å². The Morgan fingerprint density at radius 1 is 1.03 bits per heavy atom. The number of aryl methyl sites for hydroxylation is 2. The van der Waals surface area contributed by atoms with Crippen LogP contribution in [0.4, 0.5) is 0 Å². The smallest absolute Gasteiger partial charge is 0.341 e. The average molecular weight is 427 g/mol. The number of nitrogens with zero attached hydrogens (tertiary/aromatic N) is 4. The van der Waals surface area contributed by atoms with Crippen molar-refractivity contribution in [1.82, 2.24) is 24.3 Å². The van der Waals surface area contributed by atoms with Crippen LogP contribution in [0.5, 0.6) is 0 Å². The van der Waals surface area contributed by atoms with Gasteiger partial charge in [0, 0.05) is 31.9 Å². The minimum Gasteiger partial charge on any atom is -0.465 e. The number of hydrogen-bond acceptors (Lipinski definition) is 5. The molecule has 8 nitrogen and oxygen atoms in total. The summed E-state index contributed by atoms with van der Waals surface area (Å²) >= 11 is 0. The van der Waals surface area contributed by atoms with Crippen LogP contribution in [-0.4, -0.2) is 37.4 Å². The van der Waals surface area contributed by atoms with Gasteiger partial charge in [-0.25, -0.2) is 14.9 Å². The molecule has 0 bridgehead atoms. The Labute approximate surface area is 183 Å². The van der Waals surface area contributed by atoms with E-state index in [1.54, 1.807) is 12.4 Å². The third kappa shape index (κ3) is 3.56. The summed E-state index contributed by atoms with van der Waals surface area (Å²) < 4.78 is 8.89. The first kappa shape index (κ1) is 19.7. The second kappa shape index (κ2) is 8.14. The summed E-state index contributed by atoms with van der Waals surface area (Å²) in [6.07, 6.45) is 4.09.